The molecule has 3 nitrogen and oxygen atoms in total. The number of rotatable bonds is 1. The predicted octanol–water partition coefficient (Wildman–Crippen LogP) is 8.31. The van der Waals surface area contributed by atoms with Gasteiger partial charge < -0.3 is 4.57 Å². The molecule has 0 amide bonds. The van der Waals surface area contributed by atoms with Crippen LogP contribution in [0.15, 0.2) is 91.4 Å². The van der Waals surface area contributed by atoms with Crippen LogP contribution in [0.5, 0.6) is 0 Å². The quantitative estimate of drug-likeness (QED) is 0.248. The van der Waals surface area contributed by atoms with Crippen molar-refractivity contribution in [2.24, 2.45) is 0 Å². The average molecular weight is 458 g/mol. The van der Waals surface area contributed by atoms with Gasteiger partial charge in [-0.1, -0.05) is 48.5 Å². The lowest BCUT2D eigenvalue weighted by Gasteiger charge is -2.09. The van der Waals surface area contributed by atoms with Crippen LogP contribution in [0, 0.1) is 0 Å². The van der Waals surface area contributed by atoms with Crippen LogP contribution in [0.2, 0.25) is 0 Å². The molecule has 5 heteroatoms. The molecule has 0 fully saturated rings. The van der Waals surface area contributed by atoms with E-state index in [1.807, 2.05) is 17.5 Å². The van der Waals surface area contributed by atoms with Gasteiger partial charge >= 0.3 is 0 Å². The van der Waals surface area contributed by atoms with E-state index < -0.39 is 0 Å². The molecular weight excluding hydrogens is 442 g/mol. The zero-order chi connectivity index (χ0) is 21.5. The SMILES string of the molecule is c1ccc2c(c1)sc1c(-n3c4ccccc4c4c5sc6cncnc6c5ccc43)cccc12. The molecule has 4 aromatic heterocycles. The zero-order valence-electron chi connectivity index (χ0n) is 17.3. The fraction of sp³-hybridized carbons (Fsp3) is 0. The first kappa shape index (κ1) is 17.7. The van der Waals surface area contributed by atoms with Crippen molar-refractivity contribution in [3.8, 4) is 5.69 Å². The zero-order valence-corrected chi connectivity index (χ0v) is 19.0. The molecule has 4 heterocycles. The molecule has 4 aromatic carbocycles. The maximum Gasteiger partial charge on any atom is 0.116 e. The lowest BCUT2D eigenvalue weighted by atomic mass is 10.1. The maximum absolute atomic E-state index is 4.58. The highest BCUT2D eigenvalue weighted by molar-refractivity contribution is 7.27. The van der Waals surface area contributed by atoms with Gasteiger partial charge in [-0.3, -0.25) is 0 Å². The number of thiophene rings is 2. The van der Waals surface area contributed by atoms with Gasteiger partial charge in [0.2, 0.25) is 0 Å². The van der Waals surface area contributed by atoms with Crippen molar-refractivity contribution >= 4 is 85.0 Å². The van der Waals surface area contributed by atoms with E-state index in [2.05, 4.69) is 93.4 Å². The van der Waals surface area contributed by atoms with Crippen LogP contribution in [0.4, 0.5) is 0 Å². The fourth-order valence-electron chi connectivity index (χ4n) is 5.19. The van der Waals surface area contributed by atoms with Gasteiger partial charge in [-0.2, -0.15) is 0 Å². The van der Waals surface area contributed by atoms with Crippen molar-refractivity contribution in [2.45, 2.75) is 0 Å². The predicted molar refractivity (Wildman–Crippen MR) is 142 cm³/mol. The Morgan fingerprint density at radius 3 is 2.39 bits per heavy atom. The summed E-state index contributed by atoms with van der Waals surface area (Å²) in [4.78, 5) is 8.83. The summed E-state index contributed by atoms with van der Waals surface area (Å²) in [6.07, 6.45) is 3.57. The first-order chi connectivity index (χ1) is 16.4. The minimum absolute atomic E-state index is 1.04. The van der Waals surface area contributed by atoms with E-state index in [0.29, 0.717) is 0 Å². The molecule has 0 radical (unpaired) electrons. The molecule has 8 rings (SSSR count). The van der Waals surface area contributed by atoms with Crippen molar-refractivity contribution in [1.82, 2.24) is 14.5 Å². The van der Waals surface area contributed by atoms with Crippen LogP contribution < -0.4 is 0 Å². The summed E-state index contributed by atoms with van der Waals surface area (Å²) in [5, 5.41) is 6.41. The van der Waals surface area contributed by atoms with Gasteiger partial charge in [0.15, 0.2) is 0 Å². The van der Waals surface area contributed by atoms with Gasteiger partial charge in [0.05, 0.1) is 31.6 Å². The highest BCUT2D eigenvalue weighted by atomic mass is 32.1. The van der Waals surface area contributed by atoms with Gasteiger partial charge in [0.1, 0.15) is 6.33 Å². The van der Waals surface area contributed by atoms with Crippen molar-refractivity contribution < 1.29 is 0 Å². The summed E-state index contributed by atoms with van der Waals surface area (Å²) in [6.45, 7) is 0. The standard InChI is InChI=1S/C28H15N3S2/c1-3-9-20-18(7-1)25-21(13-12-19-26-24(33-28(19)25)14-29-15-30-26)31(20)22-10-5-8-17-16-6-2-4-11-23(16)32-27(17)22/h1-15H. The highest BCUT2D eigenvalue weighted by Crippen LogP contribution is 2.44. The Hall–Kier alpha value is -3.80. The van der Waals surface area contributed by atoms with E-state index in [9.17, 15) is 0 Å². The molecule has 0 saturated heterocycles. The number of nitrogens with zero attached hydrogens (tertiary/aromatic N) is 3. The van der Waals surface area contributed by atoms with Gasteiger partial charge in [-0.15, -0.1) is 22.7 Å². The largest absolute Gasteiger partial charge is 0.308 e. The second kappa shape index (κ2) is 6.38. The molecular formula is C28H15N3S2. The number of benzene rings is 4. The smallest absolute Gasteiger partial charge is 0.116 e. The van der Waals surface area contributed by atoms with E-state index in [-0.39, 0.29) is 0 Å². The lowest BCUT2D eigenvalue weighted by Crippen LogP contribution is -1.93. The second-order valence-electron chi connectivity index (χ2n) is 8.28. The number of fused-ring (bicyclic) bond motifs is 10. The van der Waals surface area contributed by atoms with Crippen molar-refractivity contribution in [2.75, 3.05) is 0 Å². The summed E-state index contributed by atoms with van der Waals surface area (Å²) >= 11 is 3.66. The molecule has 0 aliphatic rings. The van der Waals surface area contributed by atoms with Crippen molar-refractivity contribution in [1.29, 1.82) is 0 Å². The summed E-state index contributed by atoms with van der Waals surface area (Å²) < 4.78 is 7.50. The molecule has 0 saturated carbocycles. The fourth-order valence-corrected chi connectivity index (χ4v) is 7.58. The second-order valence-corrected chi connectivity index (χ2v) is 10.4. The summed E-state index contributed by atoms with van der Waals surface area (Å²) in [6, 6.07) is 28.6. The van der Waals surface area contributed by atoms with Crippen LogP contribution in [-0.4, -0.2) is 14.5 Å². The van der Waals surface area contributed by atoms with E-state index >= 15 is 0 Å². The van der Waals surface area contributed by atoms with Gasteiger partial charge in [-0.05, 0) is 30.3 Å². The third kappa shape index (κ3) is 2.28. The van der Waals surface area contributed by atoms with Gasteiger partial charge in [0, 0.05) is 42.5 Å². The monoisotopic (exact) mass is 457 g/mol. The Labute approximate surface area is 196 Å². The first-order valence-electron chi connectivity index (χ1n) is 10.8. The molecule has 0 atom stereocenters. The van der Waals surface area contributed by atoms with E-state index in [1.165, 1.54) is 57.8 Å². The number of aromatic nitrogens is 3. The maximum atomic E-state index is 4.58. The third-order valence-electron chi connectivity index (χ3n) is 6.56. The Kier molecular flexibility index (Phi) is 3.42. The molecule has 0 aliphatic carbocycles. The van der Waals surface area contributed by atoms with E-state index in [4.69, 9.17) is 0 Å². The van der Waals surface area contributed by atoms with Crippen LogP contribution in [-0.2, 0) is 0 Å². The first-order valence-corrected chi connectivity index (χ1v) is 12.5. The molecule has 154 valence electrons. The Balaban J connectivity index is 1.59. The summed E-state index contributed by atoms with van der Waals surface area (Å²) in [7, 11) is 0. The topological polar surface area (TPSA) is 30.7 Å². The molecule has 0 spiro atoms. The normalized spacial score (nSPS) is 12.2. The molecule has 8 aromatic rings. The van der Waals surface area contributed by atoms with Crippen LogP contribution in [0.1, 0.15) is 0 Å². The molecule has 0 N–H and O–H groups in total. The van der Waals surface area contributed by atoms with Gasteiger partial charge in [0.25, 0.3) is 0 Å². The van der Waals surface area contributed by atoms with E-state index in [0.717, 1.165) is 10.2 Å². The molecule has 33 heavy (non-hydrogen) atoms. The summed E-state index contributed by atoms with van der Waals surface area (Å²) in [5.74, 6) is 0. The lowest BCUT2D eigenvalue weighted by molar-refractivity contribution is 1.20. The average Bonchev–Trinajstić information content (AvgIpc) is 3.53. The number of hydrogen-bond acceptors (Lipinski definition) is 4. The highest BCUT2D eigenvalue weighted by Gasteiger charge is 2.19. The van der Waals surface area contributed by atoms with Crippen LogP contribution in [0.25, 0.3) is 68.0 Å². The Morgan fingerprint density at radius 1 is 0.606 bits per heavy atom. The minimum Gasteiger partial charge on any atom is -0.308 e. The van der Waals surface area contributed by atoms with Crippen molar-refractivity contribution in [3.63, 3.8) is 0 Å². The van der Waals surface area contributed by atoms with E-state index in [1.54, 1.807) is 17.7 Å². The number of hydrogen-bond donors (Lipinski definition) is 0. The van der Waals surface area contributed by atoms with Crippen molar-refractivity contribution in [3.05, 3.63) is 91.4 Å². The van der Waals surface area contributed by atoms with Crippen LogP contribution >= 0.6 is 22.7 Å². The Bertz CT molecular complexity index is 2040. The Morgan fingerprint density at radius 2 is 1.42 bits per heavy atom. The summed E-state index contributed by atoms with van der Waals surface area (Å²) in [5.41, 5.74) is 4.73. The molecule has 0 bridgehead atoms. The van der Waals surface area contributed by atoms with Gasteiger partial charge in [-0.25, -0.2) is 9.97 Å². The molecule has 0 aliphatic heterocycles. The number of para-hydroxylation sites is 1. The van der Waals surface area contributed by atoms with Crippen LogP contribution in [0.3, 0.4) is 0 Å². The third-order valence-corrected chi connectivity index (χ3v) is 8.92. The molecule has 0 unspecified atom stereocenters. The minimum atomic E-state index is 1.04.